The van der Waals surface area contributed by atoms with Crippen molar-refractivity contribution in [2.45, 2.75) is 52.4 Å². The van der Waals surface area contributed by atoms with Gasteiger partial charge >= 0.3 is 0 Å². The van der Waals surface area contributed by atoms with Gasteiger partial charge in [0.1, 0.15) is 0 Å². The second-order valence-corrected chi connectivity index (χ2v) is 7.09. The van der Waals surface area contributed by atoms with Crippen LogP contribution in [-0.2, 0) is 0 Å². The van der Waals surface area contributed by atoms with Gasteiger partial charge in [-0.25, -0.2) is 0 Å². The van der Waals surface area contributed by atoms with Gasteiger partial charge in [0.25, 0.3) is 0 Å². The third-order valence-corrected chi connectivity index (χ3v) is 4.77. The highest BCUT2D eigenvalue weighted by Crippen LogP contribution is 2.69. The molecule has 4 fully saturated rings. The van der Waals surface area contributed by atoms with E-state index in [1.807, 2.05) is 0 Å². The monoisotopic (exact) mass is 193 g/mol. The Bertz CT molecular complexity index is 252. The van der Waals surface area contributed by atoms with Crippen molar-refractivity contribution in [3.8, 4) is 0 Å². The Morgan fingerprint density at radius 1 is 1.00 bits per heavy atom. The molecule has 0 aromatic carbocycles. The highest BCUT2D eigenvalue weighted by Gasteiger charge is 2.59. The van der Waals surface area contributed by atoms with E-state index in [9.17, 15) is 5.11 Å². The SMILES string of the molecule is CC12C[C]3CC(C)(C1)CC(CO)(C3)C2. The molecule has 14 heavy (non-hydrogen) atoms. The van der Waals surface area contributed by atoms with Crippen molar-refractivity contribution in [2.75, 3.05) is 6.61 Å². The third kappa shape index (κ3) is 1.11. The predicted molar refractivity (Wildman–Crippen MR) is 56.7 cm³/mol. The van der Waals surface area contributed by atoms with Crippen molar-refractivity contribution < 1.29 is 5.11 Å². The normalized spacial score (nSPS) is 56.8. The highest BCUT2D eigenvalue weighted by atomic mass is 16.3. The molecule has 79 valence electrons. The molecular formula is C13H21O. The Hall–Kier alpha value is -0.0400. The molecule has 0 heterocycles. The lowest BCUT2D eigenvalue weighted by Crippen LogP contribution is -2.55. The van der Waals surface area contributed by atoms with Crippen molar-refractivity contribution in [3.05, 3.63) is 5.92 Å². The van der Waals surface area contributed by atoms with Gasteiger partial charge in [-0.2, -0.15) is 0 Å². The summed E-state index contributed by atoms with van der Waals surface area (Å²) in [7, 11) is 0. The molecular weight excluding hydrogens is 172 g/mol. The van der Waals surface area contributed by atoms with Crippen LogP contribution in [0, 0.1) is 22.2 Å². The quantitative estimate of drug-likeness (QED) is 0.679. The maximum absolute atomic E-state index is 9.65. The molecule has 4 aliphatic rings. The van der Waals surface area contributed by atoms with Gasteiger partial charge in [-0.05, 0) is 60.7 Å². The minimum Gasteiger partial charge on any atom is -0.396 e. The molecule has 0 saturated heterocycles. The maximum atomic E-state index is 9.65. The van der Waals surface area contributed by atoms with Crippen molar-refractivity contribution in [1.29, 1.82) is 0 Å². The van der Waals surface area contributed by atoms with Gasteiger partial charge in [0.2, 0.25) is 0 Å². The second-order valence-electron chi connectivity index (χ2n) is 7.09. The van der Waals surface area contributed by atoms with E-state index in [0.717, 1.165) is 0 Å². The zero-order valence-corrected chi connectivity index (χ0v) is 9.40. The minimum atomic E-state index is 0.285. The first-order valence-electron chi connectivity index (χ1n) is 5.91. The zero-order valence-electron chi connectivity index (χ0n) is 9.40. The summed E-state index contributed by atoms with van der Waals surface area (Å²) in [6, 6.07) is 0. The number of rotatable bonds is 1. The number of aliphatic hydroxyl groups excluding tert-OH is 1. The molecule has 1 heteroatoms. The highest BCUT2D eigenvalue weighted by molar-refractivity contribution is 5.20. The van der Waals surface area contributed by atoms with Crippen molar-refractivity contribution in [1.82, 2.24) is 0 Å². The second kappa shape index (κ2) is 2.37. The summed E-state index contributed by atoms with van der Waals surface area (Å²) in [5, 5.41) is 9.65. The molecule has 1 N–H and O–H groups in total. The Labute approximate surface area is 86.9 Å². The zero-order chi connectivity index (χ0) is 10.0. The van der Waals surface area contributed by atoms with Crippen LogP contribution in [0.25, 0.3) is 0 Å². The van der Waals surface area contributed by atoms with Crippen LogP contribution in [-0.4, -0.2) is 11.7 Å². The molecule has 1 radical (unpaired) electrons. The van der Waals surface area contributed by atoms with Crippen LogP contribution in [0.5, 0.6) is 0 Å². The van der Waals surface area contributed by atoms with Crippen LogP contribution in [0.3, 0.4) is 0 Å². The summed E-state index contributed by atoms with van der Waals surface area (Å²) in [6.45, 7) is 5.29. The minimum absolute atomic E-state index is 0.285. The molecule has 1 nitrogen and oxygen atoms in total. The molecule has 4 rings (SSSR count). The molecule has 0 amide bonds. The van der Waals surface area contributed by atoms with E-state index in [-0.39, 0.29) is 5.41 Å². The van der Waals surface area contributed by atoms with Gasteiger partial charge in [-0.15, -0.1) is 0 Å². The largest absolute Gasteiger partial charge is 0.396 e. The molecule has 2 unspecified atom stereocenters. The van der Waals surface area contributed by atoms with Crippen LogP contribution in [0.1, 0.15) is 52.4 Å². The van der Waals surface area contributed by atoms with Gasteiger partial charge in [-0.3, -0.25) is 0 Å². The Balaban J connectivity index is 2.01. The van der Waals surface area contributed by atoms with E-state index in [1.165, 1.54) is 38.5 Å². The van der Waals surface area contributed by atoms with E-state index < -0.39 is 0 Å². The summed E-state index contributed by atoms with van der Waals surface area (Å²) in [4.78, 5) is 0. The van der Waals surface area contributed by atoms with Crippen LogP contribution in [0.2, 0.25) is 0 Å². The standard InChI is InChI=1S/C13H21O/c1-11-3-10-4-12(2,6-11)8-13(5-10,7-11)9-14/h14H,3-9H2,1-2H3. The van der Waals surface area contributed by atoms with Crippen LogP contribution in [0.4, 0.5) is 0 Å². The molecule has 4 saturated carbocycles. The van der Waals surface area contributed by atoms with E-state index >= 15 is 0 Å². The fourth-order valence-corrected chi connectivity index (χ4v) is 5.50. The fourth-order valence-electron chi connectivity index (χ4n) is 5.50. The lowest BCUT2D eigenvalue weighted by molar-refractivity contribution is -0.115. The van der Waals surface area contributed by atoms with E-state index in [1.54, 1.807) is 5.92 Å². The van der Waals surface area contributed by atoms with E-state index in [0.29, 0.717) is 17.4 Å². The smallest absolute Gasteiger partial charge is 0.0488 e. The van der Waals surface area contributed by atoms with Gasteiger partial charge in [0, 0.05) is 6.61 Å². The summed E-state index contributed by atoms with van der Waals surface area (Å²) in [5.74, 6) is 1.76. The predicted octanol–water partition coefficient (Wildman–Crippen LogP) is 2.93. The maximum Gasteiger partial charge on any atom is 0.0488 e. The summed E-state index contributed by atoms with van der Waals surface area (Å²) < 4.78 is 0. The topological polar surface area (TPSA) is 20.2 Å². The first-order chi connectivity index (χ1) is 6.47. The molecule has 0 aliphatic heterocycles. The van der Waals surface area contributed by atoms with Crippen LogP contribution < -0.4 is 0 Å². The average molecular weight is 193 g/mol. The van der Waals surface area contributed by atoms with Crippen molar-refractivity contribution >= 4 is 0 Å². The Kier molecular flexibility index (Phi) is 1.56. The number of aliphatic hydroxyl groups is 1. The molecule has 0 spiro atoms. The fraction of sp³-hybridized carbons (Fsp3) is 0.923. The molecule has 0 aromatic heterocycles. The molecule has 0 aromatic rings. The average Bonchev–Trinajstić information content (AvgIpc) is 1.97. The number of hydrogen-bond acceptors (Lipinski definition) is 1. The lowest BCUT2D eigenvalue weighted by atomic mass is 9.40. The van der Waals surface area contributed by atoms with Gasteiger partial charge in [0.05, 0.1) is 0 Å². The first-order valence-corrected chi connectivity index (χ1v) is 5.91. The summed E-state index contributed by atoms with van der Waals surface area (Å²) in [5.41, 5.74) is 1.34. The Morgan fingerprint density at radius 2 is 1.57 bits per heavy atom. The van der Waals surface area contributed by atoms with Crippen molar-refractivity contribution in [3.63, 3.8) is 0 Å². The number of hydrogen-bond donors (Lipinski definition) is 1. The van der Waals surface area contributed by atoms with Gasteiger partial charge < -0.3 is 5.11 Å². The van der Waals surface area contributed by atoms with Crippen molar-refractivity contribution in [2.24, 2.45) is 16.2 Å². The summed E-state index contributed by atoms with van der Waals surface area (Å²) in [6.07, 6.45) is 7.87. The Morgan fingerprint density at radius 3 is 2.00 bits per heavy atom. The first kappa shape index (κ1) is 9.21. The molecule has 4 aliphatic carbocycles. The van der Waals surface area contributed by atoms with Crippen LogP contribution >= 0.6 is 0 Å². The molecule has 2 atom stereocenters. The van der Waals surface area contributed by atoms with E-state index in [4.69, 9.17) is 0 Å². The van der Waals surface area contributed by atoms with Gasteiger partial charge in [-0.1, -0.05) is 13.8 Å². The molecule has 4 bridgehead atoms. The van der Waals surface area contributed by atoms with E-state index in [2.05, 4.69) is 13.8 Å². The third-order valence-electron chi connectivity index (χ3n) is 4.77. The van der Waals surface area contributed by atoms with Crippen LogP contribution in [0.15, 0.2) is 0 Å². The van der Waals surface area contributed by atoms with Gasteiger partial charge in [0.15, 0.2) is 0 Å². The summed E-state index contributed by atoms with van der Waals surface area (Å²) >= 11 is 0. The lowest BCUT2D eigenvalue weighted by Gasteiger charge is -2.64.